The first kappa shape index (κ1) is 16.5. The highest BCUT2D eigenvalue weighted by Gasteiger charge is 2.40. The Morgan fingerprint density at radius 3 is 2.52 bits per heavy atom. The van der Waals surface area contributed by atoms with Gasteiger partial charge in [0.15, 0.2) is 5.79 Å². The summed E-state index contributed by atoms with van der Waals surface area (Å²) in [5, 5.41) is 7.45. The maximum absolute atomic E-state index is 12.2. The van der Waals surface area contributed by atoms with E-state index in [1.54, 1.807) is 0 Å². The van der Waals surface area contributed by atoms with E-state index in [1.165, 1.54) is 0 Å². The van der Waals surface area contributed by atoms with Crippen molar-refractivity contribution in [2.24, 2.45) is 13.0 Å². The van der Waals surface area contributed by atoms with Crippen LogP contribution in [0.15, 0.2) is 0 Å². The highest BCUT2D eigenvalue weighted by atomic mass is 16.7. The Morgan fingerprint density at radius 1 is 1.30 bits per heavy atom. The highest BCUT2D eigenvalue weighted by Crippen LogP contribution is 2.37. The zero-order valence-electron chi connectivity index (χ0n) is 14.4. The van der Waals surface area contributed by atoms with Crippen LogP contribution in [-0.4, -0.2) is 41.2 Å². The van der Waals surface area contributed by atoms with Crippen molar-refractivity contribution >= 4 is 5.91 Å². The maximum atomic E-state index is 12.2. The number of hydrogen-bond donors (Lipinski definition) is 1. The van der Waals surface area contributed by atoms with Crippen LogP contribution in [0.2, 0.25) is 0 Å². The average Bonchev–Trinajstić information content (AvgIpc) is 3.08. The van der Waals surface area contributed by atoms with Crippen molar-refractivity contribution in [3.63, 3.8) is 0 Å². The van der Waals surface area contributed by atoms with E-state index in [1.807, 2.05) is 25.6 Å². The molecule has 2 aliphatic rings. The van der Waals surface area contributed by atoms with Gasteiger partial charge < -0.3 is 14.8 Å². The van der Waals surface area contributed by atoms with Gasteiger partial charge in [-0.15, -0.1) is 0 Å². The average molecular weight is 321 g/mol. The van der Waals surface area contributed by atoms with Crippen LogP contribution in [0.3, 0.4) is 0 Å². The largest absolute Gasteiger partial charge is 0.356 e. The molecule has 1 aliphatic carbocycles. The normalized spacial score (nSPS) is 21.0. The summed E-state index contributed by atoms with van der Waals surface area (Å²) in [7, 11) is 1.91. The topological polar surface area (TPSA) is 65.4 Å². The molecule has 128 valence electrons. The summed E-state index contributed by atoms with van der Waals surface area (Å²) in [5.74, 6) is 0.288. The van der Waals surface area contributed by atoms with E-state index in [0.29, 0.717) is 25.6 Å². The number of amides is 1. The molecule has 1 N–H and O–H groups in total. The monoisotopic (exact) mass is 321 g/mol. The second-order valence-electron chi connectivity index (χ2n) is 6.80. The van der Waals surface area contributed by atoms with Crippen LogP contribution in [0.25, 0.3) is 0 Å². The van der Waals surface area contributed by atoms with Crippen LogP contribution in [-0.2, 0) is 27.7 Å². The number of nitrogens with zero attached hydrogens (tertiary/aromatic N) is 2. The fourth-order valence-corrected chi connectivity index (χ4v) is 3.66. The van der Waals surface area contributed by atoms with Gasteiger partial charge in [-0.25, -0.2) is 0 Å². The third-order valence-corrected chi connectivity index (χ3v) is 5.26. The predicted molar refractivity (Wildman–Crippen MR) is 86.0 cm³/mol. The van der Waals surface area contributed by atoms with Gasteiger partial charge in [0.2, 0.25) is 5.91 Å². The number of hydrogen-bond acceptors (Lipinski definition) is 4. The maximum Gasteiger partial charge on any atom is 0.224 e. The van der Waals surface area contributed by atoms with E-state index in [9.17, 15) is 4.79 Å². The molecule has 0 radical (unpaired) electrons. The number of carbonyl (C=O) groups excluding carboxylic acids is 1. The van der Waals surface area contributed by atoms with Crippen LogP contribution in [0.5, 0.6) is 0 Å². The van der Waals surface area contributed by atoms with E-state index in [2.05, 4.69) is 10.4 Å². The first-order valence-electron chi connectivity index (χ1n) is 8.53. The SMILES string of the molecule is Cc1nn(C)c(C)c1CC(=O)NCC1CCC2(CC1)OCCO2. The minimum Gasteiger partial charge on any atom is -0.356 e. The third kappa shape index (κ3) is 3.58. The highest BCUT2D eigenvalue weighted by molar-refractivity contribution is 5.79. The number of rotatable bonds is 4. The summed E-state index contributed by atoms with van der Waals surface area (Å²) in [4.78, 5) is 12.2. The molecule has 3 rings (SSSR count). The second-order valence-corrected chi connectivity index (χ2v) is 6.80. The van der Waals surface area contributed by atoms with Gasteiger partial charge in [-0.3, -0.25) is 9.48 Å². The summed E-state index contributed by atoms with van der Waals surface area (Å²) in [6.07, 6.45) is 4.38. The van der Waals surface area contributed by atoms with Crippen LogP contribution < -0.4 is 5.32 Å². The first-order valence-corrected chi connectivity index (χ1v) is 8.53. The van der Waals surface area contributed by atoms with Crippen LogP contribution in [0.4, 0.5) is 0 Å². The molecule has 1 spiro atoms. The molecule has 1 amide bonds. The molecular weight excluding hydrogens is 294 g/mol. The van der Waals surface area contributed by atoms with Gasteiger partial charge in [-0.1, -0.05) is 0 Å². The quantitative estimate of drug-likeness (QED) is 0.915. The summed E-state index contributed by atoms with van der Waals surface area (Å²) >= 11 is 0. The smallest absolute Gasteiger partial charge is 0.224 e. The molecular formula is C17H27N3O3. The minimum absolute atomic E-state index is 0.0813. The first-order chi connectivity index (χ1) is 11.0. The molecule has 2 fully saturated rings. The molecule has 23 heavy (non-hydrogen) atoms. The van der Waals surface area contributed by atoms with Gasteiger partial charge >= 0.3 is 0 Å². The van der Waals surface area contributed by atoms with Crippen LogP contribution in [0.1, 0.15) is 42.6 Å². The predicted octanol–water partition coefficient (Wildman–Crippen LogP) is 1.63. The zero-order chi connectivity index (χ0) is 16.4. The lowest BCUT2D eigenvalue weighted by molar-refractivity contribution is -0.182. The number of carbonyl (C=O) groups is 1. The molecule has 1 saturated carbocycles. The van der Waals surface area contributed by atoms with Crippen molar-refractivity contribution in [3.05, 3.63) is 17.0 Å². The fraction of sp³-hybridized carbons (Fsp3) is 0.765. The second kappa shape index (κ2) is 6.61. The Morgan fingerprint density at radius 2 is 1.96 bits per heavy atom. The molecule has 0 bridgehead atoms. The standard InChI is InChI=1S/C17H27N3O3/c1-12-15(13(2)20(3)19-12)10-16(21)18-11-14-4-6-17(7-5-14)22-8-9-23-17/h14H,4-11H2,1-3H3,(H,18,21). The molecule has 2 heterocycles. The lowest BCUT2D eigenvalue weighted by atomic mass is 9.85. The Labute approximate surface area is 137 Å². The Balaban J connectivity index is 1.45. The van der Waals surface area contributed by atoms with Gasteiger partial charge in [0, 0.05) is 37.7 Å². The number of nitrogens with one attached hydrogen (secondary N) is 1. The van der Waals surface area contributed by atoms with Crippen molar-refractivity contribution in [3.8, 4) is 0 Å². The van der Waals surface area contributed by atoms with Crippen LogP contribution >= 0.6 is 0 Å². The minimum atomic E-state index is -0.315. The third-order valence-electron chi connectivity index (χ3n) is 5.26. The number of aromatic nitrogens is 2. The van der Waals surface area contributed by atoms with E-state index in [4.69, 9.17) is 9.47 Å². The molecule has 1 aromatic heterocycles. The fourth-order valence-electron chi connectivity index (χ4n) is 3.66. The van der Waals surface area contributed by atoms with Gasteiger partial charge in [0.1, 0.15) is 0 Å². The molecule has 0 aromatic carbocycles. The lowest BCUT2D eigenvalue weighted by Gasteiger charge is -2.35. The number of ether oxygens (including phenoxy) is 2. The van der Waals surface area contributed by atoms with Crippen molar-refractivity contribution in [1.29, 1.82) is 0 Å². The lowest BCUT2D eigenvalue weighted by Crippen LogP contribution is -2.39. The van der Waals surface area contributed by atoms with E-state index >= 15 is 0 Å². The molecule has 0 unspecified atom stereocenters. The van der Waals surface area contributed by atoms with Crippen LogP contribution in [0, 0.1) is 19.8 Å². The summed E-state index contributed by atoms with van der Waals surface area (Å²) in [6.45, 7) is 6.13. The zero-order valence-corrected chi connectivity index (χ0v) is 14.4. The summed E-state index contributed by atoms with van der Waals surface area (Å²) in [5.41, 5.74) is 3.04. The van der Waals surface area contributed by atoms with Gasteiger partial charge in [0.05, 0.1) is 25.3 Å². The number of aryl methyl sites for hydroxylation is 2. The van der Waals surface area contributed by atoms with E-state index in [-0.39, 0.29) is 11.7 Å². The molecule has 0 atom stereocenters. The van der Waals surface area contributed by atoms with Gasteiger partial charge in [-0.05, 0) is 32.6 Å². The van der Waals surface area contributed by atoms with Crippen molar-refractivity contribution in [2.45, 2.75) is 51.7 Å². The Hall–Kier alpha value is -1.40. The molecule has 6 heteroatoms. The van der Waals surface area contributed by atoms with Gasteiger partial charge in [-0.2, -0.15) is 5.10 Å². The van der Waals surface area contributed by atoms with Crippen molar-refractivity contribution in [2.75, 3.05) is 19.8 Å². The Bertz CT molecular complexity index is 566. The summed E-state index contributed by atoms with van der Waals surface area (Å²) < 4.78 is 13.3. The summed E-state index contributed by atoms with van der Waals surface area (Å²) in [6, 6.07) is 0. The van der Waals surface area contributed by atoms with Crippen molar-refractivity contribution < 1.29 is 14.3 Å². The van der Waals surface area contributed by atoms with Gasteiger partial charge in [0.25, 0.3) is 0 Å². The Kier molecular flexibility index (Phi) is 4.73. The molecule has 1 saturated heterocycles. The van der Waals surface area contributed by atoms with Crippen molar-refractivity contribution in [1.82, 2.24) is 15.1 Å². The molecule has 6 nitrogen and oxygen atoms in total. The molecule has 1 aliphatic heterocycles. The van der Waals surface area contributed by atoms with E-state index in [0.717, 1.165) is 49.2 Å². The molecule has 1 aromatic rings. The van der Waals surface area contributed by atoms with E-state index < -0.39 is 0 Å².